The van der Waals surface area contributed by atoms with Gasteiger partial charge in [0, 0.05) is 18.2 Å². The Labute approximate surface area is 116 Å². The van der Waals surface area contributed by atoms with Crippen molar-refractivity contribution in [2.45, 2.75) is 32.1 Å². The average molecular weight is 281 g/mol. The lowest BCUT2D eigenvalue weighted by Crippen LogP contribution is -2.34. The molecule has 1 aromatic carbocycles. The third-order valence-electron chi connectivity index (χ3n) is 3.74. The standard InChI is InChI=1S/C14H17F2N3O/c1-3-14(4-2,8-17)13-18-12(19-20-13)9-5-10(15)7-11(16)6-9/h5-7H,3-4,8,17H2,1-2H3. The van der Waals surface area contributed by atoms with Crippen LogP contribution in [-0.2, 0) is 5.41 Å². The lowest BCUT2D eigenvalue weighted by Gasteiger charge is -2.24. The van der Waals surface area contributed by atoms with Crippen LogP contribution in [0.15, 0.2) is 22.7 Å². The molecule has 1 heterocycles. The van der Waals surface area contributed by atoms with Gasteiger partial charge in [0.2, 0.25) is 11.7 Å². The molecule has 0 aliphatic carbocycles. The predicted octanol–water partition coefficient (Wildman–Crippen LogP) is 3.03. The zero-order chi connectivity index (χ0) is 14.8. The van der Waals surface area contributed by atoms with Gasteiger partial charge in [0.1, 0.15) is 11.6 Å². The molecule has 2 aromatic rings. The maximum atomic E-state index is 13.2. The first kappa shape index (κ1) is 14.6. The summed E-state index contributed by atoms with van der Waals surface area (Å²) in [6, 6.07) is 3.13. The summed E-state index contributed by atoms with van der Waals surface area (Å²) >= 11 is 0. The molecule has 6 heteroatoms. The van der Waals surface area contributed by atoms with E-state index in [1.54, 1.807) is 0 Å². The Morgan fingerprint density at radius 3 is 2.25 bits per heavy atom. The Morgan fingerprint density at radius 1 is 1.15 bits per heavy atom. The van der Waals surface area contributed by atoms with Crippen molar-refractivity contribution in [3.05, 3.63) is 35.7 Å². The van der Waals surface area contributed by atoms with Crippen LogP contribution in [0.4, 0.5) is 8.78 Å². The Hall–Kier alpha value is -1.82. The monoisotopic (exact) mass is 281 g/mol. The number of benzene rings is 1. The van der Waals surface area contributed by atoms with Gasteiger partial charge in [0.05, 0.1) is 5.41 Å². The largest absolute Gasteiger partial charge is 0.338 e. The molecular weight excluding hydrogens is 264 g/mol. The number of hydrogen-bond donors (Lipinski definition) is 1. The highest BCUT2D eigenvalue weighted by molar-refractivity contribution is 5.54. The van der Waals surface area contributed by atoms with E-state index < -0.39 is 17.0 Å². The molecule has 0 spiro atoms. The van der Waals surface area contributed by atoms with Crippen molar-refractivity contribution in [3.63, 3.8) is 0 Å². The van der Waals surface area contributed by atoms with Crippen LogP contribution < -0.4 is 5.73 Å². The topological polar surface area (TPSA) is 64.9 Å². The highest BCUT2D eigenvalue weighted by atomic mass is 19.1. The van der Waals surface area contributed by atoms with Crippen LogP contribution in [0.5, 0.6) is 0 Å². The molecule has 1 aromatic heterocycles. The van der Waals surface area contributed by atoms with Crippen LogP contribution in [0, 0.1) is 11.6 Å². The molecule has 0 amide bonds. The van der Waals surface area contributed by atoms with E-state index in [0.717, 1.165) is 18.9 Å². The second-order valence-electron chi connectivity index (χ2n) is 4.77. The molecular formula is C14H17F2N3O. The van der Waals surface area contributed by atoms with Crippen LogP contribution in [0.3, 0.4) is 0 Å². The van der Waals surface area contributed by atoms with E-state index in [0.29, 0.717) is 12.4 Å². The molecule has 108 valence electrons. The SMILES string of the molecule is CCC(CC)(CN)c1nc(-c2cc(F)cc(F)c2)no1. The molecule has 4 nitrogen and oxygen atoms in total. The number of nitrogens with two attached hydrogens (primary N) is 1. The Bertz CT molecular complexity index is 565. The lowest BCUT2D eigenvalue weighted by molar-refractivity contribution is 0.267. The fourth-order valence-electron chi connectivity index (χ4n) is 2.17. The van der Waals surface area contributed by atoms with E-state index in [-0.39, 0.29) is 11.4 Å². The highest BCUT2D eigenvalue weighted by Crippen LogP contribution is 2.30. The van der Waals surface area contributed by atoms with E-state index in [9.17, 15) is 8.78 Å². The van der Waals surface area contributed by atoms with Crippen molar-refractivity contribution in [1.82, 2.24) is 10.1 Å². The van der Waals surface area contributed by atoms with Crippen molar-refractivity contribution in [3.8, 4) is 11.4 Å². The van der Waals surface area contributed by atoms with Crippen LogP contribution in [0.25, 0.3) is 11.4 Å². The van der Waals surface area contributed by atoms with Crippen molar-refractivity contribution >= 4 is 0 Å². The van der Waals surface area contributed by atoms with Gasteiger partial charge in [-0.25, -0.2) is 8.78 Å². The second-order valence-corrected chi connectivity index (χ2v) is 4.77. The van der Waals surface area contributed by atoms with Crippen molar-refractivity contribution in [1.29, 1.82) is 0 Å². The van der Waals surface area contributed by atoms with Gasteiger partial charge < -0.3 is 10.3 Å². The minimum absolute atomic E-state index is 0.165. The summed E-state index contributed by atoms with van der Waals surface area (Å²) < 4.78 is 31.7. The second kappa shape index (κ2) is 5.66. The first-order valence-electron chi connectivity index (χ1n) is 6.55. The Balaban J connectivity index is 2.42. The maximum Gasteiger partial charge on any atom is 0.234 e. The third kappa shape index (κ3) is 2.56. The van der Waals surface area contributed by atoms with Crippen molar-refractivity contribution < 1.29 is 13.3 Å². The minimum Gasteiger partial charge on any atom is -0.338 e. The summed E-state index contributed by atoms with van der Waals surface area (Å²) in [5.74, 6) is -0.785. The number of hydrogen-bond acceptors (Lipinski definition) is 4. The maximum absolute atomic E-state index is 13.2. The fraction of sp³-hybridized carbons (Fsp3) is 0.429. The Kier molecular flexibility index (Phi) is 4.13. The van der Waals surface area contributed by atoms with Crippen molar-refractivity contribution in [2.24, 2.45) is 5.73 Å². The molecule has 0 fully saturated rings. The summed E-state index contributed by atoms with van der Waals surface area (Å²) in [7, 11) is 0. The lowest BCUT2D eigenvalue weighted by atomic mass is 9.82. The average Bonchev–Trinajstić information content (AvgIpc) is 2.91. The molecule has 0 aliphatic rings. The van der Waals surface area contributed by atoms with Gasteiger partial charge in [0.25, 0.3) is 0 Å². The highest BCUT2D eigenvalue weighted by Gasteiger charge is 2.33. The summed E-state index contributed by atoms with van der Waals surface area (Å²) in [5.41, 5.74) is 5.66. The molecule has 20 heavy (non-hydrogen) atoms. The predicted molar refractivity (Wildman–Crippen MR) is 71.0 cm³/mol. The van der Waals surface area contributed by atoms with Gasteiger partial charge in [-0.3, -0.25) is 0 Å². The van der Waals surface area contributed by atoms with E-state index in [1.807, 2.05) is 13.8 Å². The molecule has 2 rings (SSSR count). The van der Waals surface area contributed by atoms with Crippen LogP contribution in [0.2, 0.25) is 0 Å². The van der Waals surface area contributed by atoms with Gasteiger partial charge in [-0.1, -0.05) is 19.0 Å². The van der Waals surface area contributed by atoms with Crippen LogP contribution in [-0.4, -0.2) is 16.7 Å². The van der Waals surface area contributed by atoms with E-state index in [4.69, 9.17) is 10.3 Å². The molecule has 0 unspecified atom stereocenters. The first-order valence-corrected chi connectivity index (χ1v) is 6.55. The van der Waals surface area contributed by atoms with Gasteiger partial charge in [-0.2, -0.15) is 4.98 Å². The smallest absolute Gasteiger partial charge is 0.234 e. The summed E-state index contributed by atoms with van der Waals surface area (Å²) in [5, 5.41) is 3.80. The zero-order valence-corrected chi connectivity index (χ0v) is 11.5. The summed E-state index contributed by atoms with van der Waals surface area (Å²) in [4.78, 5) is 4.26. The van der Waals surface area contributed by atoms with Gasteiger partial charge >= 0.3 is 0 Å². The third-order valence-corrected chi connectivity index (χ3v) is 3.74. The van der Waals surface area contributed by atoms with Gasteiger partial charge in [-0.15, -0.1) is 0 Å². The molecule has 2 N–H and O–H groups in total. The normalized spacial score (nSPS) is 11.8. The minimum atomic E-state index is -0.678. The number of halogens is 2. The molecule has 0 saturated carbocycles. The zero-order valence-electron chi connectivity index (χ0n) is 11.5. The molecule has 0 aliphatic heterocycles. The quantitative estimate of drug-likeness (QED) is 0.914. The van der Waals surface area contributed by atoms with E-state index >= 15 is 0 Å². The number of aromatic nitrogens is 2. The van der Waals surface area contributed by atoms with Crippen LogP contribution in [0.1, 0.15) is 32.6 Å². The van der Waals surface area contributed by atoms with Crippen molar-refractivity contribution in [2.75, 3.05) is 6.54 Å². The number of nitrogens with zero attached hydrogens (tertiary/aromatic N) is 2. The number of rotatable bonds is 5. The van der Waals surface area contributed by atoms with E-state index in [2.05, 4.69) is 10.1 Å². The van der Waals surface area contributed by atoms with Crippen LogP contribution >= 0.6 is 0 Å². The van der Waals surface area contributed by atoms with E-state index in [1.165, 1.54) is 12.1 Å². The molecule has 0 radical (unpaired) electrons. The Morgan fingerprint density at radius 2 is 1.75 bits per heavy atom. The molecule has 0 atom stereocenters. The molecule has 0 saturated heterocycles. The molecule has 0 bridgehead atoms. The fourth-order valence-corrected chi connectivity index (χ4v) is 2.17. The first-order chi connectivity index (χ1) is 9.54. The summed E-state index contributed by atoms with van der Waals surface area (Å²) in [6.45, 7) is 4.35. The van der Waals surface area contributed by atoms with Gasteiger partial charge in [0.15, 0.2) is 0 Å². The van der Waals surface area contributed by atoms with Gasteiger partial charge in [-0.05, 0) is 25.0 Å². The summed E-state index contributed by atoms with van der Waals surface area (Å²) in [6.07, 6.45) is 1.50.